The molecule has 0 aliphatic heterocycles. The summed E-state index contributed by atoms with van der Waals surface area (Å²) >= 11 is 4.94. The van der Waals surface area contributed by atoms with E-state index < -0.39 is 5.54 Å². The van der Waals surface area contributed by atoms with Gasteiger partial charge in [0.05, 0.1) is 5.54 Å². The normalized spacial score (nSPS) is 15.9. The second-order valence-electron chi connectivity index (χ2n) is 5.75. The number of rotatable bonds is 4. The van der Waals surface area contributed by atoms with Gasteiger partial charge in [-0.05, 0) is 30.5 Å². The molecule has 0 saturated heterocycles. The van der Waals surface area contributed by atoms with Crippen LogP contribution in [0.5, 0.6) is 0 Å². The average Bonchev–Trinajstić information content (AvgIpc) is 3.12. The van der Waals surface area contributed by atoms with Gasteiger partial charge in [0, 0.05) is 22.0 Å². The summed E-state index contributed by atoms with van der Waals surface area (Å²) in [7, 11) is 0. The van der Waals surface area contributed by atoms with Gasteiger partial charge < -0.3 is 11.1 Å². The Bertz CT molecular complexity index is 668. The number of nitrogens with two attached hydrogens (primary N) is 1. The number of halogens is 2. The quantitative estimate of drug-likeness (QED) is 0.787. The van der Waals surface area contributed by atoms with Gasteiger partial charge in [0.25, 0.3) is 0 Å². The minimum absolute atomic E-state index is 0. The van der Waals surface area contributed by atoms with Crippen molar-refractivity contribution < 1.29 is 4.79 Å². The van der Waals surface area contributed by atoms with Crippen LogP contribution in [-0.4, -0.2) is 16.4 Å². The number of nitrogens with one attached hydrogen (secondary N) is 1. The first-order chi connectivity index (χ1) is 10.5. The largest absolute Gasteiger partial charge is 0.317 e. The molecule has 0 bridgehead atoms. The van der Waals surface area contributed by atoms with Crippen molar-refractivity contribution in [3.8, 4) is 0 Å². The van der Waals surface area contributed by atoms with Crippen LogP contribution in [0.15, 0.2) is 34.9 Å². The SMILES string of the molecule is Cl.NC1(C(=O)Nc2ncc(Cc3ccc(Br)cc3)s2)CCCC1. The molecule has 0 unspecified atom stereocenters. The third-order valence-electron chi connectivity index (χ3n) is 4.01. The number of hydrogen-bond donors (Lipinski definition) is 2. The van der Waals surface area contributed by atoms with Gasteiger partial charge in [-0.3, -0.25) is 4.79 Å². The highest BCUT2D eigenvalue weighted by Gasteiger charge is 2.37. The molecule has 23 heavy (non-hydrogen) atoms. The van der Waals surface area contributed by atoms with E-state index in [-0.39, 0.29) is 18.3 Å². The molecule has 1 amide bonds. The Labute approximate surface area is 154 Å². The van der Waals surface area contributed by atoms with Crippen molar-refractivity contribution in [3.63, 3.8) is 0 Å². The van der Waals surface area contributed by atoms with Gasteiger partial charge in [0.15, 0.2) is 5.13 Å². The third-order valence-corrected chi connectivity index (χ3v) is 5.46. The Balaban J connectivity index is 0.00000192. The lowest BCUT2D eigenvalue weighted by atomic mass is 9.98. The highest BCUT2D eigenvalue weighted by atomic mass is 79.9. The van der Waals surface area contributed by atoms with Crippen LogP contribution in [-0.2, 0) is 11.2 Å². The lowest BCUT2D eigenvalue weighted by Crippen LogP contribution is -2.48. The zero-order valence-electron chi connectivity index (χ0n) is 12.5. The molecule has 124 valence electrons. The standard InChI is InChI=1S/C16H18BrN3OS.ClH/c17-12-5-3-11(4-6-12)9-13-10-19-15(22-13)20-14(21)16(18)7-1-2-8-16;/h3-6,10H,1-2,7-9,18H2,(H,19,20,21);1H. The van der Waals surface area contributed by atoms with Gasteiger partial charge in [0.2, 0.25) is 5.91 Å². The summed E-state index contributed by atoms with van der Waals surface area (Å²) in [6.07, 6.45) is 6.20. The zero-order valence-corrected chi connectivity index (χ0v) is 15.8. The Morgan fingerprint density at radius 3 is 2.61 bits per heavy atom. The second kappa shape index (κ2) is 7.75. The van der Waals surface area contributed by atoms with E-state index in [1.165, 1.54) is 16.9 Å². The van der Waals surface area contributed by atoms with Crippen LogP contribution < -0.4 is 11.1 Å². The van der Waals surface area contributed by atoms with Crippen molar-refractivity contribution in [1.29, 1.82) is 0 Å². The summed E-state index contributed by atoms with van der Waals surface area (Å²) in [6, 6.07) is 8.21. The van der Waals surface area contributed by atoms with Gasteiger partial charge in [-0.1, -0.05) is 40.9 Å². The molecule has 1 saturated carbocycles. The maximum Gasteiger partial charge on any atom is 0.246 e. The van der Waals surface area contributed by atoms with E-state index >= 15 is 0 Å². The summed E-state index contributed by atoms with van der Waals surface area (Å²) in [5, 5.41) is 3.51. The van der Waals surface area contributed by atoms with E-state index in [9.17, 15) is 4.79 Å². The van der Waals surface area contributed by atoms with E-state index in [0.717, 1.165) is 41.5 Å². The average molecular weight is 417 g/mol. The maximum absolute atomic E-state index is 12.3. The fraction of sp³-hybridized carbons (Fsp3) is 0.375. The highest BCUT2D eigenvalue weighted by Crippen LogP contribution is 2.29. The molecular weight excluding hydrogens is 398 g/mol. The van der Waals surface area contributed by atoms with Gasteiger partial charge >= 0.3 is 0 Å². The predicted molar refractivity (Wildman–Crippen MR) is 100 cm³/mol. The first-order valence-electron chi connectivity index (χ1n) is 7.35. The molecule has 1 fully saturated rings. The van der Waals surface area contributed by atoms with Crippen molar-refractivity contribution in [3.05, 3.63) is 45.4 Å². The van der Waals surface area contributed by atoms with Gasteiger partial charge in [-0.25, -0.2) is 4.98 Å². The smallest absolute Gasteiger partial charge is 0.246 e. The van der Waals surface area contributed by atoms with E-state index in [1.807, 2.05) is 18.3 Å². The molecule has 7 heteroatoms. The monoisotopic (exact) mass is 415 g/mol. The van der Waals surface area contributed by atoms with E-state index in [4.69, 9.17) is 5.73 Å². The molecule has 1 aromatic carbocycles. The van der Waals surface area contributed by atoms with Crippen molar-refractivity contribution >= 4 is 50.7 Å². The van der Waals surface area contributed by atoms with Crippen molar-refractivity contribution in [2.24, 2.45) is 5.73 Å². The van der Waals surface area contributed by atoms with Crippen LogP contribution >= 0.6 is 39.7 Å². The van der Waals surface area contributed by atoms with Crippen LogP contribution in [0.25, 0.3) is 0 Å². The molecular formula is C16H19BrClN3OS. The summed E-state index contributed by atoms with van der Waals surface area (Å²) < 4.78 is 1.07. The van der Waals surface area contributed by atoms with Gasteiger partial charge in [0.1, 0.15) is 0 Å². The molecule has 0 atom stereocenters. The Kier molecular flexibility index (Phi) is 6.19. The Morgan fingerprint density at radius 1 is 1.30 bits per heavy atom. The number of thiazole rings is 1. The van der Waals surface area contributed by atoms with E-state index in [1.54, 1.807) is 0 Å². The lowest BCUT2D eigenvalue weighted by Gasteiger charge is -2.21. The lowest BCUT2D eigenvalue weighted by molar-refractivity contribution is -0.121. The van der Waals surface area contributed by atoms with Crippen LogP contribution in [0.3, 0.4) is 0 Å². The van der Waals surface area contributed by atoms with Crippen molar-refractivity contribution in [1.82, 2.24) is 4.98 Å². The minimum atomic E-state index is -0.711. The number of carbonyl (C=O) groups excluding carboxylic acids is 1. The van der Waals surface area contributed by atoms with Crippen LogP contribution in [0.2, 0.25) is 0 Å². The van der Waals surface area contributed by atoms with E-state index in [2.05, 4.69) is 38.4 Å². The predicted octanol–water partition coefficient (Wildman–Crippen LogP) is 4.13. The number of nitrogens with zero attached hydrogens (tertiary/aromatic N) is 1. The third kappa shape index (κ3) is 4.53. The summed E-state index contributed by atoms with van der Waals surface area (Å²) in [5.74, 6) is -0.102. The molecule has 1 aromatic heterocycles. The fourth-order valence-electron chi connectivity index (χ4n) is 2.71. The summed E-state index contributed by atoms with van der Waals surface area (Å²) in [5.41, 5.74) is 6.66. The molecule has 0 spiro atoms. The summed E-state index contributed by atoms with van der Waals surface area (Å²) in [4.78, 5) is 17.7. The first kappa shape index (κ1) is 18.4. The van der Waals surface area contributed by atoms with Crippen molar-refractivity contribution in [2.45, 2.75) is 37.6 Å². The van der Waals surface area contributed by atoms with Crippen LogP contribution in [0.1, 0.15) is 36.1 Å². The number of amides is 1. The topological polar surface area (TPSA) is 68.0 Å². The number of anilines is 1. The number of aromatic nitrogens is 1. The maximum atomic E-state index is 12.3. The highest BCUT2D eigenvalue weighted by molar-refractivity contribution is 9.10. The van der Waals surface area contributed by atoms with Gasteiger partial charge in [-0.2, -0.15) is 0 Å². The van der Waals surface area contributed by atoms with E-state index in [0.29, 0.717) is 5.13 Å². The first-order valence-corrected chi connectivity index (χ1v) is 8.96. The minimum Gasteiger partial charge on any atom is -0.317 e. The molecule has 1 aliphatic carbocycles. The molecule has 4 nitrogen and oxygen atoms in total. The van der Waals surface area contributed by atoms with Crippen LogP contribution in [0.4, 0.5) is 5.13 Å². The fourth-order valence-corrected chi connectivity index (χ4v) is 3.81. The molecule has 2 aromatic rings. The van der Waals surface area contributed by atoms with Crippen molar-refractivity contribution in [2.75, 3.05) is 5.32 Å². The zero-order chi connectivity index (χ0) is 15.6. The molecule has 1 heterocycles. The molecule has 0 radical (unpaired) electrons. The summed E-state index contributed by atoms with van der Waals surface area (Å²) in [6.45, 7) is 0. The number of carbonyl (C=O) groups is 1. The molecule has 3 N–H and O–H groups in total. The Morgan fingerprint density at radius 2 is 1.96 bits per heavy atom. The number of hydrogen-bond acceptors (Lipinski definition) is 4. The Hall–Kier alpha value is -0.950. The van der Waals surface area contributed by atoms with Gasteiger partial charge in [-0.15, -0.1) is 23.7 Å². The molecule has 1 aliphatic rings. The van der Waals surface area contributed by atoms with Crippen LogP contribution in [0, 0.1) is 0 Å². The second-order valence-corrected chi connectivity index (χ2v) is 7.78. The number of benzene rings is 1. The molecule has 3 rings (SSSR count).